The van der Waals surface area contributed by atoms with Gasteiger partial charge in [0.25, 0.3) is 0 Å². The number of ketones is 1. The number of benzene rings is 5. The summed E-state index contributed by atoms with van der Waals surface area (Å²) < 4.78 is 5.38. The summed E-state index contributed by atoms with van der Waals surface area (Å²) in [6.45, 7) is -0.344. The molecule has 182 valence electrons. The Morgan fingerprint density at radius 3 is 1.82 bits per heavy atom. The average Bonchev–Trinajstić information content (AvgIpc) is 2.99. The molecule has 0 aliphatic heterocycles. The van der Waals surface area contributed by atoms with Crippen molar-refractivity contribution in [3.8, 4) is 22.5 Å². The van der Waals surface area contributed by atoms with Gasteiger partial charge in [-0.1, -0.05) is 97.1 Å². The number of carbonyl (C=O) groups excluding carboxylic acids is 2. The van der Waals surface area contributed by atoms with E-state index in [1.54, 1.807) is 24.3 Å². The molecule has 0 unspecified atom stereocenters. The maximum Gasteiger partial charge on any atom is 0.338 e. The fraction of sp³-hybridized carbons (Fsp3) is 0.0303. The number of aromatic nitrogens is 2. The Bertz CT molecular complexity index is 1800. The summed E-state index contributed by atoms with van der Waals surface area (Å²) in [4.78, 5) is 35.4. The summed E-state index contributed by atoms with van der Waals surface area (Å²) in [6, 6.07) is 38.0. The quantitative estimate of drug-likeness (QED) is 0.182. The third-order valence-electron chi connectivity index (χ3n) is 6.40. The van der Waals surface area contributed by atoms with Gasteiger partial charge in [0.15, 0.2) is 12.4 Å². The van der Waals surface area contributed by atoms with E-state index >= 15 is 0 Å². The Morgan fingerprint density at radius 1 is 0.553 bits per heavy atom. The molecule has 0 N–H and O–H groups in total. The van der Waals surface area contributed by atoms with Crippen molar-refractivity contribution in [3.63, 3.8) is 0 Å². The Morgan fingerprint density at radius 2 is 1.13 bits per heavy atom. The lowest BCUT2D eigenvalue weighted by Crippen LogP contribution is -2.14. The second-order valence-corrected chi connectivity index (χ2v) is 8.92. The first-order valence-corrected chi connectivity index (χ1v) is 12.3. The van der Waals surface area contributed by atoms with E-state index in [9.17, 15) is 9.59 Å². The van der Waals surface area contributed by atoms with Crippen LogP contribution in [0.1, 0.15) is 20.7 Å². The van der Waals surface area contributed by atoms with Crippen LogP contribution < -0.4 is 0 Å². The molecule has 0 bridgehead atoms. The second kappa shape index (κ2) is 10.1. The summed E-state index contributed by atoms with van der Waals surface area (Å²) in [6.07, 6.45) is 0. The Hall–Kier alpha value is -5.16. The molecule has 0 atom stereocenters. The maximum absolute atomic E-state index is 12.9. The molecule has 0 aliphatic rings. The molecule has 0 amide bonds. The van der Waals surface area contributed by atoms with Crippen LogP contribution in [0.3, 0.4) is 0 Å². The van der Waals surface area contributed by atoms with E-state index in [2.05, 4.69) is 0 Å². The van der Waals surface area contributed by atoms with Crippen molar-refractivity contribution in [1.29, 1.82) is 0 Å². The number of Topliss-reactive ketones (excluding diaryl/α,β-unsaturated/α-hetero) is 1. The van der Waals surface area contributed by atoms with Crippen LogP contribution in [-0.2, 0) is 4.74 Å². The summed E-state index contributed by atoms with van der Waals surface area (Å²) in [5, 5.41) is 2.01. The predicted octanol–water partition coefficient (Wildman–Crippen LogP) is 7.16. The zero-order chi connectivity index (χ0) is 25.9. The molecule has 0 saturated heterocycles. The minimum atomic E-state index is -0.587. The SMILES string of the molecule is O=C(COC(=O)c1ccc2nc(-c3ccccc3)c(-c3ccccc3)nc2c1)c1ccc2ccccc2c1. The first-order valence-electron chi connectivity index (χ1n) is 12.3. The van der Waals surface area contributed by atoms with Gasteiger partial charge in [-0.3, -0.25) is 4.79 Å². The van der Waals surface area contributed by atoms with E-state index < -0.39 is 5.97 Å². The van der Waals surface area contributed by atoms with Crippen molar-refractivity contribution in [1.82, 2.24) is 9.97 Å². The van der Waals surface area contributed by atoms with Crippen LogP contribution in [0.2, 0.25) is 0 Å². The number of carbonyl (C=O) groups is 2. The highest BCUT2D eigenvalue weighted by Gasteiger charge is 2.16. The summed E-state index contributed by atoms with van der Waals surface area (Å²) in [7, 11) is 0. The average molecular weight is 495 g/mol. The van der Waals surface area contributed by atoms with Crippen LogP contribution in [-0.4, -0.2) is 28.3 Å². The molecule has 5 heteroatoms. The van der Waals surface area contributed by atoms with Gasteiger partial charge in [0.05, 0.1) is 28.0 Å². The molecule has 6 aromatic rings. The number of hydrogen-bond donors (Lipinski definition) is 0. The number of ether oxygens (including phenoxy) is 1. The van der Waals surface area contributed by atoms with Crippen molar-refractivity contribution in [2.75, 3.05) is 6.61 Å². The predicted molar refractivity (Wildman–Crippen MR) is 149 cm³/mol. The molecule has 6 rings (SSSR count). The first-order chi connectivity index (χ1) is 18.7. The zero-order valence-electron chi connectivity index (χ0n) is 20.4. The van der Waals surface area contributed by atoms with Gasteiger partial charge in [-0.25, -0.2) is 14.8 Å². The van der Waals surface area contributed by atoms with E-state index in [1.165, 1.54) is 0 Å². The lowest BCUT2D eigenvalue weighted by molar-refractivity contribution is 0.0475. The van der Waals surface area contributed by atoms with Crippen molar-refractivity contribution < 1.29 is 14.3 Å². The van der Waals surface area contributed by atoms with Gasteiger partial charge in [0, 0.05) is 16.7 Å². The van der Waals surface area contributed by atoms with Crippen molar-refractivity contribution in [2.45, 2.75) is 0 Å². The van der Waals surface area contributed by atoms with Crippen molar-refractivity contribution >= 4 is 33.6 Å². The fourth-order valence-electron chi connectivity index (χ4n) is 4.44. The van der Waals surface area contributed by atoms with E-state index in [0.717, 1.165) is 33.3 Å². The zero-order valence-corrected chi connectivity index (χ0v) is 20.4. The van der Waals surface area contributed by atoms with Gasteiger partial charge in [-0.05, 0) is 35.0 Å². The van der Waals surface area contributed by atoms with Gasteiger partial charge < -0.3 is 4.74 Å². The lowest BCUT2D eigenvalue weighted by atomic mass is 10.0. The highest BCUT2D eigenvalue weighted by atomic mass is 16.5. The first kappa shape index (κ1) is 23.3. The van der Waals surface area contributed by atoms with Gasteiger partial charge in [-0.2, -0.15) is 0 Å². The van der Waals surface area contributed by atoms with Crippen LogP contribution >= 0.6 is 0 Å². The van der Waals surface area contributed by atoms with E-state index in [0.29, 0.717) is 22.2 Å². The Labute approximate surface area is 219 Å². The summed E-state index contributed by atoms with van der Waals surface area (Å²) >= 11 is 0. The molecule has 0 saturated carbocycles. The van der Waals surface area contributed by atoms with E-state index in [1.807, 2.05) is 97.1 Å². The molecule has 5 nitrogen and oxygen atoms in total. The molecule has 1 aromatic heterocycles. The summed E-state index contributed by atoms with van der Waals surface area (Å²) in [5.41, 5.74) is 5.41. The fourth-order valence-corrected chi connectivity index (χ4v) is 4.44. The third-order valence-corrected chi connectivity index (χ3v) is 6.40. The molecule has 1 heterocycles. The highest BCUT2D eigenvalue weighted by molar-refractivity contribution is 6.02. The highest BCUT2D eigenvalue weighted by Crippen LogP contribution is 2.31. The molecule has 0 fully saturated rings. The monoisotopic (exact) mass is 494 g/mol. The van der Waals surface area contributed by atoms with Crippen molar-refractivity contribution in [2.24, 2.45) is 0 Å². The lowest BCUT2D eigenvalue weighted by Gasteiger charge is -2.11. The minimum absolute atomic E-state index is 0.261. The van der Waals surface area contributed by atoms with Gasteiger partial charge >= 0.3 is 5.97 Å². The molecule has 0 spiro atoms. The topological polar surface area (TPSA) is 69.2 Å². The Kier molecular flexibility index (Phi) is 6.16. The molecule has 0 radical (unpaired) electrons. The van der Waals surface area contributed by atoms with Gasteiger partial charge in [0.2, 0.25) is 0 Å². The van der Waals surface area contributed by atoms with Crippen LogP contribution in [0.15, 0.2) is 121 Å². The van der Waals surface area contributed by atoms with Gasteiger partial charge in [-0.15, -0.1) is 0 Å². The second-order valence-electron chi connectivity index (χ2n) is 8.92. The molecule has 0 aliphatic carbocycles. The number of rotatable bonds is 6. The van der Waals surface area contributed by atoms with Crippen LogP contribution in [0.5, 0.6) is 0 Å². The number of nitrogens with zero attached hydrogens (tertiary/aromatic N) is 2. The number of esters is 1. The van der Waals surface area contributed by atoms with Crippen LogP contribution in [0.4, 0.5) is 0 Å². The molecule has 5 aromatic carbocycles. The normalized spacial score (nSPS) is 10.9. The van der Waals surface area contributed by atoms with E-state index in [-0.39, 0.29) is 12.4 Å². The van der Waals surface area contributed by atoms with Crippen LogP contribution in [0, 0.1) is 0 Å². The summed E-state index contributed by atoms with van der Waals surface area (Å²) in [5.74, 6) is -0.847. The molecule has 38 heavy (non-hydrogen) atoms. The molecular weight excluding hydrogens is 472 g/mol. The van der Waals surface area contributed by atoms with Gasteiger partial charge in [0.1, 0.15) is 0 Å². The van der Waals surface area contributed by atoms with Crippen molar-refractivity contribution in [3.05, 3.63) is 132 Å². The molecular formula is C33H22N2O3. The minimum Gasteiger partial charge on any atom is -0.454 e. The number of hydrogen-bond acceptors (Lipinski definition) is 5. The maximum atomic E-state index is 12.9. The standard InChI is InChI=1S/C33H22N2O3/c36-30(26-16-15-22-9-7-8-14-25(22)19-26)21-38-33(37)27-17-18-28-29(20-27)35-32(24-12-5-2-6-13-24)31(34-28)23-10-3-1-4-11-23/h1-20H,21H2. The smallest absolute Gasteiger partial charge is 0.338 e. The van der Waals surface area contributed by atoms with Crippen LogP contribution in [0.25, 0.3) is 44.3 Å². The number of fused-ring (bicyclic) bond motifs is 2. The largest absolute Gasteiger partial charge is 0.454 e. The third kappa shape index (κ3) is 4.65. The van der Waals surface area contributed by atoms with E-state index in [4.69, 9.17) is 14.7 Å². The Balaban J connectivity index is 1.28.